The van der Waals surface area contributed by atoms with Crippen LogP contribution in [0.25, 0.3) is 66.1 Å². The van der Waals surface area contributed by atoms with Gasteiger partial charge in [0.05, 0.1) is 22.1 Å². The van der Waals surface area contributed by atoms with Crippen molar-refractivity contribution >= 4 is 43.6 Å². The van der Waals surface area contributed by atoms with Crippen LogP contribution in [0.15, 0.2) is 127 Å². The largest absolute Gasteiger partial charge is 0.309 e. The Morgan fingerprint density at radius 1 is 0.463 bits per heavy atom. The van der Waals surface area contributed by atoms with Crippen molar-refractivity contribution in [2.24, 2.45) is 0 Å². The molecule has 0 saturated carbocycles. The van der Waals surface area contributed by atoms with Crippen LogP contribution < -0.4 is 0 Å². The minimum Gasteiger partial charge on any atom is -0.309 e. The maximum Gasteiger partial charge on any atom is 0.0543 e. The molecule has 41 heavy (non-hydrogen) atoms. The summed E-state index contributed by atoms with van der Waals surface area (Å²) < 4.78 is 4.86. The summed E-state index contributed by atoms with van der Waals surface area (Å²) in [5.41, 5.74) is 14.3. The van der Waals surface area contributed by atoms with Gasteiger partial charge in [0.15, 0.2) is 0 Å². The molecule has 0 N–H and O–H groups in total. The Morgan fingerprint density at radius 2 is 0.927 bits per heavy atom. The van der Waals surface area contributed by atoms with Crippen molar-refractivity contribution < 1.29 is 0 Å². The van der Waals surface area contributed by atoms with E-state index in [9.17, 15) is 0 Å². The van der Waals surface area contributed by atoms with Crippen LogP contribution in [0.3, 0.4) is 0 Å². The molecule has 6 aromatic carbocycles. The first-order chi connectivity index (χ1) is 20.2. The van der Waals surface area contributed by atoms with E-state index in [1.165, 1.54) is 82.8 Å². The number of aromatic nitrogens is 2. The fraction of sp³-hybridized carbons (Fsp3) is 0.0769. The van der Waals surface area contributed by atoms with Gasteiger partial charge in [-0.1, -0.05) is 85.8 Å². The van der Waals surface area contributed by atoms with E-state index in [0.717, 1.165) is 0 Å². The number of aryl methyl sites for hydroxylation is 1. The van der Waals surface area contributed by atoms with Gasteiger partial charge in [-0.15, -0.1) is 0 Å². The molecule has 0 saturated heterocycles. The van der Waals surface area contributed by atoms with Crippen LogP contribution in [-0.2, 0) is 0 Å². The molecule has 0 spiro atoms. The Balaban J connectivity index is 1.22. The zero-order chi connectivity index (χ0) is 27.2. The molecule has 2 heterocycles. The molecule has 194 valence electrons. The van der Waals surface area contributed by atoms with Crippen LogP contribution in [-0.4, -0.2) is 9.13 Å². The van der Waals surface area contributed by atoms with Gasteiger partial charge >= 0.3 is 0 Å². The predicted octanol–water partition coefficient (Wildman–Crippen LogP) is 10.3. The molecule has 0 amide bonds. The van der Waals surface area contributed by atoms with Gasteiger partial charge in [0, 0.05) is 38.8 Å². The van der Waals surface area contributed by atoms with Crippen LogP contribution in [0.2, 0.25) is 0 Å². The van der Waals surface area contributed by atoms with Crippen molar-refractivity contribution in [1.29, 1.82) is 0 Å². The van der Waals surface area contributed by atoms with Gasteiger partial charge in [0.1, 0.15) is 0 Å². The van der Waals surface area contributed by atoms with Crippen molar-refractivity contribution in [2.75, 3.05) is 0 Å². The van der Waals surface area contributed by atoms with Crippen molar-refractivity contribution in [3.05, 3.63) is 144 Å². The van der Waals surface area contributed by atoms with Gasteiger partial charge in [-0.05, 0) is 83.3 Å². The van der Waals surface area contributed by atoms with Gasteiger partial charge in [-0.2, -0.15) is 0 Å². The number of nitrogens with zero attached hydrogens (tertiary/aromatic N) is 2. The van der Waals surface area contributed by atoms with Crippen LogP contribution in [0, 0.1) is 6.92 Å². The maximum atomic E-state index is 2.44. The summed E-state index contributed by atoms with van der Waals surface area (Å²) in [6, 6.07) is 47.0. The molecule has 2 aromatic heterocycles. The molecule has 0 fully saturated rings. The zero-order valence-electron chi connectivity index (χ0n) is 23.1. The Labute approximate surface area is 238 Å². The monoisotopic (exact) mass is 524 g/mol. The molecule has 1 unspecified atom stereocenters. The Hall–Kier alpha value is -5.08. The lowest BCUT2D eigenvalue weighted by molar-refractivity contribution is 0.949. The third-order valence-electron chi connectivity index (χ3n) is 9.30. The van der Waals surface area contributed by atoms with Crippen molar-refractivity contribution in [3.63, 3.8) is 0 Å². The number of hydrogen-bond acceptors (Lipinski definition) is 0. The second-order valence-electron chi connectivity index (χ2n) is 11.5. The van der Waals surface area contributed by atoms with Gasteiger partial charge in [0.25, 0.3) is 0 Å². The van der Waals surface area contributed by atoms with Gasteiger partial charge in [-0.3, -0.25) is 0 Å². The molecular formula is C39H28N2. The van der Waals surface area contributed by atoms with Gasteiger partial charge < -0.3 is 9.13 Å². The molecule has 0 aliphatic heterocycles. The van der Waals surface area contributed by atoms with Crippen molar-refractivity contribution in [3.8, 4) is 22.5 Å². The van der Waals surface area contributed by atoms with Gasteiger partial charge in [0.2, 0.25) is 0 Å². The van der Waals surface area contributed by atoms with Crippen molar-refractivity contribution in [1.82, 2.24) is 9.13 Å². The average molecular weight is 525 g/mol. The lowest BCUT2D eigenvalue weighted by Crippen LogP contribution is -1.98. The third-order valence-corrected chi connectivity index (χ3v) is 9.30. The minimum atomic E-state index is 0.308. The predicted molar refractivity (Wildman–Crippen MR) is 173 cm³/mol. The third kappa shape index (κ3) is 3.02. The summed E-state index contributed by atoms with van der Waals surface area (Å²) in [5.74, 6) is 0.308. The summed E-state index contributed by atoms with van der Waals surface area (Å²) in [5, 5.41) is 5.25. The molecular weight excluding hydrogens is 496 g/mol. The molecule has 0 radical (unpaired) electrons. The summed E-state index contributed by atoms with van der Waals surface area (Å²) in [6.45, 7) is 4.58. The minimum absolute atomic E-state index is 0.308. The van der Waals surface area contributed by atoms with Gasteiger partial charge in [-0.25, -0.2) is 0 Å². The SMILES string of the molecule is Cc1cccc2c1c1ccccc1n2-c1ccc2c(c1)C(C)c1cc(-n3c4ccccc4c4ccccc43)ccc1-2. The van der Waals surface area contributed by atoms with E-state index >= 15 is 0 Å². The first-order valence-corrected chi connectivity index (χ1v) is 14.4. The molecule has 1 aliphatic carbocycles. The molecule has 1 atom stereocenters. The molecule has 9 rings (SSSR count). The number of para-hydroxylation sites is 3. The second-order valence-corrected chi connectivity index (χ2v) is 11.5. The number of benzene rings is 6. The molecule has 0 bridgehead atoms. The summed E-state index contributed by atoms with van der Waals surface area (Å²) in [7, 11) is 0. The standard InChI is InChI=1S/C39H28N2/c1-24-10-9-17-38-39(24)32-13-5-8-16-37(32)41(38)27-19-21-29-28-20-18-26(22-33(28)25(2)34(29)23-27)40-35-14-6-3-11-30(35)31-12-4-7-15-36(31)40/h3-23,25H,1-2H3. The van der Waals surface area contributed by atoms with Crippen molar-refractivity contribution in [2.45, 2.75) is 19.8 Å². The van der Waals surface area contributed by atoms with E-state index in [4.69, 9.17) is 0 Å². The summed E-state index contributed by atoms with van der Waals surface area (Å²) in [6.07, 6.45) is 0. The summed E-state index contributed by atoms with van der Waals surface area (Å²) >= 11 is 0. The van der Waals surface area contributed by atoms with E-state index in [0.29, 0.717) is 5.92 Å². The Bertz CT molecular complexity index is 2290. The fourth-order valence-corrected chi connectivity index (χ4v) is 7.43. The molecule has 2 heteroatoms. The van der Waals surface area contributed by atoms with E-state index in [-0.39, 0.29) is 0 Å². The lowest BCUT2D eigenvalue weighted by Gasteiger charge is -2.13. The molecule has 2 nitrogen and oxygen atoms in total. The van der Waals surface area contributed by atoms with E-state index in [2.05, 4.69) is 150 Å². The zero-order valence-corrected chi connectivity index (χ0v) is 23.1. The number of fused-ring (bicyclic) bond motifs is 9. The molecule has 1 aliphatic rings. The summed E-state index contributed by atoms with van der Waals surface area (Å²) in [4.78, 5) is 0. The average Bonchev–Trinajstić information content (AvgIpc) is 3.63. The lowest BCUT2D eigenvalue weighted by atomic mass is 9.98. The highest BCUT2D eigenvalue weighted by Gasteiger charge is 2.27. The van der Waals surface area contributed by atoms with E-state index in [1.807, 2.05) is 0 Å². The first-order valence-electron chi connectivity index (χ1n) is 14.4. The highest BCUT2D eigenvalue weighted by atomic mass is 15.0. The van der Waals surface area contributed by atoms with Crippen LogP contribution >= 0.6 is 0 Å². The van der Waals surface area contributed by atoms with Crippen LogP contribution in [0.1, 0.15) is 29.5 Å². The normalized spacial score (nSPS) is 14.3. The quantitative estimate of drug-likeness (QED) is 0.213. The topological polar surface area (TPSA) is 9.86 Å². The molecule has 8 aromatic rings. The highest BCUT2D eigenvalue weighted by molar-refractivity contribution is 6.11. The Kier molecular flexibility index (Phi) is 4.55. The smallest absolute Gasteiger partial charge is 0.0543 e. The fourth-order valence-electron chi connectivity index (χ4n) is 7.43. The first kappa shape index (κ1) is 22.7. The van der Waals surface area contributed by atoms with Crippen LogP contribution in [0.4, 0.5) is 0 Å². The number of rotatable bonds is 2. The van der Waals surface area contributed by atoms with Crippen LogP contribution in [0.5, 0.6) is 0 Å². The number of hydrogen-bond donors (Lipinski definition) is 0. The van der Waals surface area contributed by atoms with E-state index < -0.39 is 0 Å². The second kappa shape index (κ2) is 8.22. The maximum absolute atomic E-state index is 2.44. The Morgan fingerprint density at radius 3 is 1.51 bits per heavy atom. The van der Waals surface area contributed by atoms with E-state index in [1.54, 1.807) is 0 Å². The highest BCUT2D eigenvalue weighted by Crippen LogP contribution is 2.47.